The normalized spacial score (nSPS) is 10.3. The van der Waals surface area contributed by atoms with Crippen molar-refractivity contribution in [3.05, 3.63) is 47.9 Å². The minimum atomic E-state index is -0.615. The van der Waals surface area contributed by atoms with E-state index in [2.05, 4.69) is 4.98 Å². The molecule has 0 aliphatic carbocycles. The van der Waals surface area contributed by atoms with Gasteiger partial charge in [0.1, 0.15) is 10.8 Å². The Kier molecular flexibility index (Phi) is 3.47. The van der Waals surface area contributed by atoms with E-state index in [4.69, 9.17) is 11.5 Å². The molecular weight excluding hydrogens is 253 g/mol. The molecule has 6 heteroatoms. The molecule has 1 aromatic carbocycles. The Bertz CT molecular complexity index is 604. The number of carbonyl (C=O) groups excluding carboxylic acids is 1. The fourth-order valence-electron chi connectivity index (χ4n) is 1.37. The average Bonchev–Trinajstić information content (AvgIpc) is 2.31. The summed E-state index contributed by atoms with van der Waals surface area (Å²) in [6.07, 6.45) is 1.36. The summed E-state index contributed by atoms with van der Waals surface area (Å²) in [6, 6.07) is 7.58. The van der Waals surface area contributed by atoms with Gasteiger partial charge in [-0.1, -0.05) is 17.8 Å². The Hall–Kier alpha value is -2.08. The number of aromatic nitrogens is 1. The molecule has 0 atom stereocenters. The first-order valence-electron chi connectivity index (χ1n) is 5.05. The van der Waals surface area contributed by atoms with Crippen LogP contribution in [0.1, 0.15) is 10.4 Å². The zero-order valence-corrected chi connectivity index (χ0v) is 10.1. The number of anilines is 1. The first kappa shape index (κ1) is 12.4. The summed E-state index contributed by atoms with van der Waals surface area (Å²) in [4.78, 5) is 15.9. The molecule has 0 saturated carbocycles. The fraction of sp³-hybridized carbons (Fsp3) is 0. The second-order valence-electron chi connectivity index (χ2n) is 3.53. The molecule has 1 aromatic heterocycles. The summed E-state index contributed by atoms with van der Waals surface area (Å²) < 4.78 is 13.0. The lowest BCUT2D eigenvalue weighted by molar-refractivity contribution is 0.100. The lowest BCUT2D eigenvalue weighted by atomic mass is 10.2. The van der Waals surface area contributed by atoms with Gasteiger partial charge < -0.3 is 11.5 Å². The van der Waals surface area contributed by atoms with Crippen LogP contribution in [0.4, 0.5) is 10.1 Å². The third-order valence-electron chi connectivity index (χ3n) is 2.19. The van der Waals surface area contributed by atoms with Crippen molar-refractivity contribution in [3.8, 4) is 0 Å². The molecule has 2 aromatic rings. The Morgan fingerprint density at radius 2 is 2.11 bits per heavy atom. The molecule has 18 heavy (non-hydrogen) atoms. The molecule has 4 nitrogen and oxygen atoms in total. The van der Waals surface area contributed by atoms with E-state index < -0.39 is 5.91 Å². The first-order valence-corrected chi connectivity index (χ1v) is 5.86. The van der Waals surface area contributed by atoms with Crippen molar-refractivity contribution in [1.29, 1.82) is 0 Å². The van der Waals surface area contributed by atoms with Crippen LogP contribution < -0.4 is 11.5 Å². The van der Waals surface area contributed by atoms with Gasteiger partial charge in [-0.15, -0.1) is 0 Å². The smallest absolute Gasteiger partial charge is 0.250 e. The van der Waals surface area contributed by atoms with Crippen LogP contribution in [0, 0.1) is 5.82 Å². The second kappa shape index (κ2) is 5.05. The summed E-state index contributed by atoms with van der Waals surface area (Å²) >= 11 is 1.23. The number of halogens is 1. The zero-order chi connectivity index (χ0) is 13.1. The Balaban J connectivity index is 2.30. The highest BCUT2D eigenvalue weighted by molar-refractivity contribution is 7.99. The Morgan fingerprint density at radius 1 is 1.33 bits per heavy atom. The molecule has 0 spiro atoms. The van der Waals surface area contributed by atoms with E-state index in [-0.39, 0.29) is 17.1 Å². The van der Waals surface area contributed by atoms with Crippen molar-refractivity contribution >= 4 is 23.4 Å². The minimum Gasteiger partial charge on any atom is -0.397 e. The Labute approximate surface area is 107 Å². The maximum atomic E-state index is 13.0. The highest BCUT2D eigenvalue weighted by atomic mass is 32.2. The van der Waals surface area contributed by atoms with Gasteiger partial charge in [0.05, 0.1) is 17.4 Å². The monoisotopic (exact) mass is 263 g/mol. The standard InChI is InChI=1S/C12H10FN3OS/c13-7-2-1-3-8(4-7)18-11-5-9(12(15)17)10(14)6-16-11/h1-6H,14H2,(H2,15,17). The number of primary amides is 1. The van der Waals surface area contributed by atoms with Crippen LogP contribution in [0.5, 0.6) is 0 Å². The molecule has 1 amide bonds. The number of benzene rings is 1. The second-order valence-corrected chi connectivity index (χ2v) is 4.63. The molecule has 0 bridgehead atoms. The van der Waals surface area contributed by atoms with Crippen molar-refractivity contribution in [2.75, 3.05) is 5.73 Å². The van der Waals surface area contributed by atoms with Gasteiger partial charge in [-0.25, -0.2) is 9.37 Å². The summed E-state index contributed by atoms with van der Waals surface area (Å²) in [6.45, 7) is 0. The lowest BCUT2D eigenvalue weighted by Gasteiger charge is -2.05. The number of nitrogens with two attached hydrogens (primary N) is 2. The van der Waals surface area contributed by atoms with Gasteiger partial charge in [-0.05, 0) is 24.3 Å². The maximum Gasteiger partial charge on any atom is 0.250 e. The van der Waals surface area contributed by atoms with Crippen LogP contribution in [0.25, 0.3) is 0 Å². The van der Waals surface area contributed by atoms with E-state index in [9.17, 15) is 9.18 Å². The predicted molar refractivity (Wildman–Crippen MR) is 67.7 cm³/mol. The molecule has 0 radical (unpaired) electrons. The van der Waals surface area contributed by atoms with Gasteiger partial charge in [-0.3, -0.25) is 4.79 Å². The summed E-state index contributed by atoms with van der Waals surface area (Å²) in [5.41, 5.74) is 11.2. The molecule has 2 rings (SSSR count). The van der Waals surface area contributed by atoms with Crippen molar-refractivity contribution in [2.45, 2.75) is 9.92 Å². The van der Waals surface area contributed by atoms with Crippen LogP contribution in [-0.4, -0.2) is 10.9 Å². The van der Waals surface area contributed by atoms with Gasteiger partial charge in [0.25, 0.3) is 5.91 Å². The number of rotatable bonds is 3. The molecule has 0 aliphatic rings. The number of hydrogen-bond donors (Lipinski definition) is 2. The summed E-state index contributed by atoms with van der Waals surface area (Å²) in [7, 11) is 0. The number of nitrogens with zero attached hydrogens (tertiary/aromatic N) is 1. The van der Waals surface area contributed by atoms with E-state index >= 15 is 0 Å². The fourth-order valence-corrected chi connectivity index (χ4v) is 2.21. The molecule has 4 N–H and O–H groups in total. The third-order valence-corrected chi connectivity index (χ3v) is 3.12. The van der Waals surface area contributed by atoms with Crippen molar-refractivity contribution in [2.24, 2.45) is 5.73 Å². The molecule has 1 heterocycles. The molecule has 0 fully saturated rings. The number of nitrogen functional groups attached to an aromatic ring is 1. The van der Waals surface area contributed by atoms with Crippen molar-refractivity contribution in [3.63, 3.8) is 0 Å². The quantitative estimate of drug-likeness (QED) is 0.888. The Morgan fingerprint density at radius 3 is 2.78 bits per heavy atom. The number of amides is 1. The predicted octanol–water partition coefficient (Wildman–Crippen LogP) is 2.05. The minimum absolute atomic E-state index is 0.212. The van der Waals surface area contributed by atoms with Gasteiger partial charge in [0.15, 0.2) is 0 Å². The topological polar surface area (TPSA) is 82.0 Å². The zero-order valence-electron chi connectivity index (χ0n) is 9.26. The largest absolute Gasteiger partial charge is 0.397 e. The first-order chi connectivity index (χ1) is 8.56. The van der Waals surface area contributed by atoms with Gasteiger partial charge in [-0.2, -0.15) is 0 Å². The van der Waals surface area contributed by atoms with E-state index in [0.717, 1.165) is 0 Å². The molecule has 0 saturated heterocycles. The van der Waals surface area contributed by atoms with E-state index in [1.54, 1.807) is 12.1 Å². The molecule has 0 unspecified atom stereocenters. The lowest BCUT2D eigenvalue weighted by Crippen LogP contribution is -2.13. The summed E-state index contributed by atoms with van der Waals surface area (Å²) in [5.74, 6) is -0.943. The van der Waals surface area contributed by atoms with Crippen LogP contribution in [-0.2, 0) is 0 Å². The molecule has 0 aliphatic heterocycles. The van der Waals surface area contributed by atoms with Crippen LogP contribution in [0.3, 0.4) is 0 Å². The van der Waals surface area contributed by atoms with Gasteiger partial charge >= 0.3 is 0 Å². The van der Waals surface area contributed by atoms with Gasteiger partial charge in [0.2, 0.25) is 0 Å². The van der Waals surface area contributed by atoms with Crippen molar-refractivity contribution < 1.29 is 9.18 Å². The van der Waals surface area contributed by atoms with Crippen LogP contribution in [0.15, 0.2) is 46.5 Å². The van der Waals surface area contributed by atoms with Gasteiger partial charge in [0, 0.05) is 4.90 Å². The summed E-state index contributed by atoms with van der Waals surface area (Å²) in [5, 5.41) is 0.531. The molecular formula is C12H10FN3OS. The van der Waals surface area contributed by atoms with E-state index in [1.807, 2.05) is 0 Å². The maximum absolute atomic E-state index is 13.0. The van der Waals surface area contributed by atoms with Crippen molar-refractivity contribution in [1.82, 2.24) is 4.98 Å². The van der Waals surface area contributed by atoms with Crippen LogP contribution >= 0.6 is 11.8 Å². The number of carbonyl (C=O) groups is 1. The number of pyridine rings is 1. The average molecular weight is 263 g/mol. The highest BCUT2D eigenvalue weighted by Crippen LogP contribution is 2.28. The van der Waals surface area contributed by atoms with E-state index in [1.165, 1.54) is 36.2 Å². The highest BCUT2D eigenvalue weighted by Gasteiger charge is 2.09. The third kappa shape index (κ3) is 2.78. The molecule has 92 valence electrons. The van der Waals surface area contributed by atoms with Crippen LogP contribution in [0.2, 0.25) is 0 Å². The van der Waals surface area contributed by atoms with E-state index in [0.29, 0.717) is 9.92 Å². The number of hydrogen-bond acceptors (Lipinski definition) is 4. The SMILES string of the molecule is NC(=O)c1cc(Sc2cccc(F)c2)ncc1N.